The molecule has 4 heterocycles. The number of esters is 1. The zero-order valence-electron chi connectivity index (χ0n) is 27.4. The van der Waals surface area contributed by atoms with Crippen molar-refractivity contribution in [3.05, 3.63) is 41.0 Å². The first kappa shape index (κ1) is 35.9. The summed E-state index contributed by atoms with van der Waals surface area (Å²) in [6.45, 7) is -1.41. The van der Waals surface area contributed by atoms with Crippen LogP contribution in [0.1, 0.15) is 28.7 Å². The van der Waals surface area contributed by atoms with Gasteiger partial charge >= 0.3 is 5.97 Å². The highest BCUT2D eigenvalue weighted by molar-refractivity contribution is 5.79. The molecule has 1 aliphatic carbocycles. The smallest absolute Gasteiger partial charge is 0.310 e. The number of hydrogen-bond acceptors (Lipinski definition) is 18. The maximum atomic E-state index is 13.5. The number of cyclic esters (lactones) is 1. The Hall–Kier alpha value is -3.53. The first-order chi connectivity index (χ1) is 24.5. The van der Waals surface area contributed by atoms with E-state index in [1.165, 1.54) is 14.2 Å². The lowest BCUT2D eigenvalue weighted by Gasteiger charge is -2.45. The summed E-state index contributed by atoms with van der Waals surface area (Å²) in [5.41, 5.74) is 1.62. The van der Waals surface area contributed by atoms with Crippen LogP contribution in [0.5, 0.6) is 28.7 Å². The van der Waals surface area contributed by atoms with Crippen LogP contribution in [0.15, 0.2) is 24.3 Å². The third kappa shape index (κ3) is 6.13. The van der Waals surface area contributed by atoms with Crippen molar-refractivity contribution in [2.45, 2.75) is 73.4 Å². The van der Waals surface area contributed by atoms with E-state index in [-0.39, 0.29) is 30.6 Å². The van der Waals surface area contributed by atoms with Crippen LogP contribution in [-0.2, 0) is 28.5 Å². The number of hydrogen-bond donors (Lipinski definition) is 8. The van der Waals surface area contributed by atoms with Crippen molar-refractivity contribution in [3.63, 3.8) is 0 Å². The number of methoxy groups -OCH3 is 2. The van der Waals surface area contributed by atoms with E-state index in [0.717, 1.165) is 0 Å². The number of phenols is 1. The second-order valence-electron chi connectivity index (χ2n) is 13.0. The van der Waals surface area contributed by atoms with Gasteiger partial charge in [-0.15, -0.1) is 0 Å². The van der Waals surface area contributed by atoms with Crippen molar-refractivity contribution < 1.29 is 88.3 Å². The lowest BCUT2D eigenvalue weighted by Crippen LogP contribution is -2.62. The van der Waals surface area contributed by atoms with Gasteiger partial charge in [-0.2, -0.15) is 0 Å². The number of benzene rings is 2. The van der Waals surface area contributed by atoms with Gasteiger partial charge in [0.15, 0.2) is 35.6 Å². The number of aliphatic hydroxyl groups excluding tert-OH is 7. The van der Waals surface area contributed by atoms with Crippen LogP contribution in [0.4, 0.5) is 0 Å². The largest absolute Gasteiger partial charge is 0.502 e. The molecule has 18 nitrogen and oxygen atoms in total. The Labute approximate surface area is 290 Å². The van der Waals surface area contributed by atoms with Gasteiger partial charge in [0.2, 0.25) is 12.5 Å². The second-order valence-corrected chi connectivity index (χ2v) is 13.0. The maximum absolute atomic E-state index is 13.5. The molecule has 0 unspecified atom stereocenters. The van der Waals surface area contributed by atoms with Gasteiger partial charge in [-0.25, -0.2) is 0 Å². The number of aliphatic hydroxyl groups is 7. The van der Waals surface area contributed by atoms with Crippen molar-refractivity contribution in [1.29, 1.82) is 0 Å². The van der Waals surface area contributed by atoms with E-state index in [0.29, 0.717) is 28.2 Å². The van der Waals surface area contributed by atoms with E-state index in [2.05, 4.69) is 0 Å². The fourth-order valence-electron chi connectivity index (χ4n) is 7.49. The van der Waals surface area contributed by atoms with Crippen molar-refractivity contribution in [2.24, 2.45) is 11.8 Å². The van der Waals surface area contributed by atoms with Crippen molar-refractivity contribution in [1.82, 2.24) is 0 Å². The average Bonchev–Trinajstić information content (AvgIpc) is 3.76. The molecule has 18 heteroatoms. The van der Waals surface area contributed by atoms with Crippen molar-refractivity contribution >= 4 is 5.97 Å². The molecular weight excluding hydrogens is 684 g/mol. The number of carbonyl (C=O) groups excluding carboxylic acids is 1. The van der Waals surface area contributed by atoms with Crippen LogP contribution in [0, 0.1) is 11.8 Å². The molecule has 2 aromatic rings. The Morgan fingerprint density at radius 2 is 1.33 bits per heavy atom. The quantitative estimate of drug-likeness (QED) is 0.127. The Kier molecular flexibility index (Phi) is 9.93. The number of aromatic hydroxyl groups is 1. The number of ether oxygens (including phenoxy) is 9. The average molecular weight is 725 g/mol. The Balaban J connectivity index is 1.21. The highest BCUT2D eigenvalue weighted by Gasteiger charge is 2.55. The Morgan fingerprint density at radius 1 is 0.745 bits per heavy atom. The predicted molar refractivity (Wildman–Crippen MR) is 164 cm³/mol. The zero-order chi connectivity index (χ0) is 36.3. The number of fused-ring (bicyclic) bond motifs is 3. The van der Waals surface area contributed by atoms with E-state index in [4.69, 9.17) is 42.6 Å². The summed E-state index contributed by atoms with van der Waals surface area (Å²) in [6.07, 6.45) is -17.2. The van der Waals surface area contributed by atoms with E-state index in [1.54, 1.807) is 24.3 Å². The standard InChI is InChI=1S/C33H40O18/c1-43-17-3-11(4-18(44-2)23(17)35)21-12-5-15-16(48-10-47-15)6-13(12)30(14-8-45-31(42)22(14)21)51-33-29(41)27(39)25(37)20(50-33)9-46-32-28(40)26(38)24(36)19(7-34)49-32/h3-6,14,19-22,24-30,32-41H,7-10H2,1-2H3/t14-,19+,20+,21+,22+,24+,25+,26-,27-,28+,29+,30-,32+,33-/m0/s1. The van der Waals surface area contributed by atoms with Crippen molar-refractivity contribution in [2.75, 3.05) is 40.8 Å². The molecule has 3 saturated heterocycles. The molecule has 51 heavy (non-hydrogen) atoms. The molecule has 7 rings (SSSR count). The topological polar surface area (TPSA) is 262 Å². The minimum Gasteiger partial charge on any atom is -0.502 e. The molecule has 0 bridgehead atoms. The molecule has 0 radical (unpaired) electrons. The molecule has 8 N–H and O–H groups in total. The molecule has 3 fully saturated rings. The van der Waals surface area contributed by atoms with Crippen LogP contribution in [0.25, 0.3) is 0 Å². The normalized spacial score (nSPS) is 38.5. The zero-order valence-corrected chi connectivity index (χ0v) is 27.4. The van der Waals surface area contributed by atoms with Gasteiger partial charge in [0.25, 0.3) is 0 Å². The summed E-state index contributed by atoms with van der Waals surface area (Å²) >= 11 is 0. The van der Waals surface area contributed by atoms with Gasteiger partial charge in [-0.1, -0.05) is 0 Å². The molecule has 0 amide bonds. The third-order valence-corrected chi connectivity index (χ3v) is 10.2. The molecule has 4 aliphatic heterocycles. The van der Waals surface area contributed by atoms with Crippen LogP contribution in [-0.4, -0.2) is 149 Å². The van der Waals surface area contributed by atoms with Crippen molar-refractivity contribution in [3.8, 4) is 28.7 Å². The summed E-state index contributed by atoms with van der Waals surface area (Å²) in [4.78, 5) is 13.5. The van der Waals surface area contributed by atoms with Gasteiger partial charge < -0.3 is 83.5 Å². The van der Waals surface area contributed by atoms with E-state index < -0.39 is 104 Å². The fraction of sp³-hybridized carbons (Fsp3) is 0.606. The van der Waals surface area contributed by atoms with E-state index in [9.17, 15) is 45.6 Å². The van der Waals surface area contributed by atoms with Crippen LogP contribution in [0.2, 0.25) is 0 Å². The number of phenolic OH excluding ortho intramolecular Hbond substituents is 1. The van der Waals surface area contributed by atoms with Gasteiger partial charge in [-0.3, -0.25) is 4.79 Å². The van der Waals surface area contributed by atoms with Crippen LogP contribution >= 0.6 is 0 Å². The number of rotatable bonds is 9. The summed E-state index contributed by atoms with van der Waals surface area (Å²) in [6, 6.07) is 6.57. The van der Waals surface area contributed by atoms with Gasteiger partial charge in [-0.05, 0) is 41.0 Å². The SMILES string of the molecule is COc1cc([C@@H]2c3cc4c(cc3[C@H](O[C@@H]3O[C@H](CO[C@@H]5O[C@H](CO)[C@@H](O)[C@H](O)[C@H]5O)[C@@H](O)[C@H](O)[C@H]3O)[C@H]3COC(=O)[C@@H]23)OCO4)cc(OC)c1O. The minimum atomic E-state index is -1.81. The predicted octanol–water partition coefficient (Wildman–Crippen LogP) is -2.25. The molecule has 5 aliphatic rings. The highest BCUT2D eigenvalue weighted by Crippen LogP contribution is 2.57. The summed E-state index contributed by atoms with van der Waals surface area (Å²) in [7, 11) is 2.76. The summed E-state index contributed by atoms with van der Waals surface area (Å²) in [5.74, 6) is -2.02. The highest BCUT2D eigenvalue weighted by atomic mass is 16.7. The minimum absolute atomic E-state index is 0.0607. The Bertz CT molecular complexity index is 1580. The maximum Gasteiger partial charge on any atom is 0.310 e. The van der Waals surface area contributed by atoms with Crippen LogP contribution in [0.3, 0.4) is 0 Å². The molecule has 0 spiro atoms. The molecule has 14 atom stereocenters. The molecule has 0 aromatic heterocycles. The third-order valence-electron chi connectivity index (χ3n) is 10.2. The molecule has 2 aromatic carbocycles. The van der Waals surface area contributed by atoms with E-state index in [1.807, 2.05) is 0 Å². The summed E-state index contributed by atoms with van der Waals surface area (Å²) in [5, 5.41) is 83.4. The van der Waals surface area contributed by atoms with Crippen LogP contribution < -0.4 is 18.9 Å². The fourth-order valence-corrected chi connectivity index (χ4v) is 7.49. The van der Waals surface area contributed by atoms with Gasteiger partial charge in [0.1, 0.15) is 48.8 Å². The lowest BCUT2D eigenvalue weighted by atomic mass is 9.66. The first-order valence-corrected chi connectivity index (χ1v) is 16.3. The summed E-state index contributed by atoms with van der Waals surface area (Å²) < 4.78 is 51.0. The number of carbonyl (C=O) groups is 1. The molecule has 280 valence electrons. The monoisotopic (exact) mass is 724 g/mol. The van der Waals surface area contributed by atoms with Gasteiger partial charge in [0, 0.05) is 11.8 Å². The van der Waals surface area contributed by atoms with E-state index >= 15 is 0 Å². The van der Waals surface area contributed by atoms with Gasteiger partial charge in [0.05, 0.1) is 46.1 Å². The second kappa shape index (κ2) is 14.1. The molecular formula is C33H40O18. The lowest BCUT2D eigenvalue weighted by molar-refractivity contribution is -0.339. The Morgan fingerprint density at radius 3 is 1.96 bits per heavy atom. The first-order valence-electron chi connectivity index (χ1n) is 16.3. The molecule has 0 saturated carbocycles.